The van der Waals surface area contributed by atoms with Crippen molar-refractivity contribution in [3.63, 3.8) is 0 Å². The van der Waals surface area contributed by atoms with Gasteiger partial charge in [-0.15, -0.1) is 5.10 Å². The Labute approximate surface area is 163 Å². The molecule has 1 aliphatic rings. The van der Waals surface area contributed by atoms with E-state index in [0.717, 1.165) is 46.6 Å². The number of nitrogens with one attached hydrogen (secondary N) is 1. The molecular formula is C20H24N8. The van der Waals surface area contributed by atoms with E-state index in [1.165, 1.54) is 0 Å². The number of aryl methyl sites for hydroxylation is 2. The van der Waals surface area contributed by atoms with Gasteiger partial charge < -0.3 is 14.8 Å². The van der Waals surface area contributed by atoms with E-state index in [4.69, 9.17) is 4.98 Å². The summed E-state index contributed by atoms with van der Waals surface area (Å²) in [5.41, 5.74) is 4.65. The molecule has 0 radical (unpaired) electrons. The van der Waals surface area contributed by atoms with Gasteiger partial charge in [0.05, 0.1) is 17.4 Å². The van der Waals surface area contributed by atoms with E-state index in [9.17, 15) is 0 Å². The van der Waals surface area contributed by atoms with Crippen LogP contribution in [0.1, 0.15) is 18.7 Å². The molecular weight excluding hydrogens is 352 g/mol. The van der Waals surface area contributed by atoms with Gasteiger partial charge in [0.1, 0.15) is 11.3 Å². The van der Waals surface area contributed by atoms with E-state index in [0.29, 0.717) is 18.0 Å². The molecule has 0 atom stereocenters. The average molecular weight is 376 g/mol. The fraction of sp³-hybridized carbons (Fsp3) is 0.400. The summed E-state index contributed by atoms with van der Waals surface area (Å²) < 4.78 is 3.88. The van der Waals surface area contributed by atoms with Crippen molar-refractivity contribution in [2.24, 2.45) is 7.05 Å². The van der Waals surface area contributed by atoms with Crippen molar-refractivity contribution < 1.29 is 0 Å². The molecule has 4 aromatic rings. The van der Waals surface area contributed by atoms with Gasteiger partial charge in [0.25, 0.3) is 0 Å². The molecule has 0 saturated heterocycles. The quantitative estimate of drug-likeness (QED) is 0.590. The lowest BCUT2D eigenvalue weighted by atomic mass is 9.86. The van der Waals surface area contributed by atoms with Crippen molar-refractivity contribution in [2.75, 3.05) is 19.4 Å². The maximum atomic E-state index is 4.82. The Hall–Kier alpha value is -3.00. The maximum absolute atomic E-state index is 4.82. The SMILES string of the molecule is Cc1nc2ccc(-c3ccn4nc(N[C@H]5C[C@H](N(C)C)C5)ncc34)nc2n1C. The summed E-state index contributed by atoms with van der Waals surface area (Å²) in [6, 6.07) is 7.15. The molecule has 144 valence electrons. The van der Waals surface area contributed by atoms with Crippen LogP contribution in [-0.2, 0) is 7.05 Å². The number of nitrogens with zero attached hydrogens (tertiary/aromatic N) is 7. The van der Waals surface area contributed by atoms with Crippen molar-refractivity contribution in [1.29, 1.82) is 0 Å². The minimum Gasteiger partial charge on any atom is -0.350 e. The normalized spacial score (nSPS) is 19.5. The minimum atomic E-state index is 0.442. The summed E-state index contributed by atoms with van der Waals surface area (Å²) in [4.78, 5) is 16.2. The maximum Gasteiger partial charge on any atom is 0.241 e. The Morgan fingerprint density at radius 2 is 1.96 bits per heavy atom. The molecule has 0 unspecified atom stereocenters. The Bertz CT molecular complexity index is 1170. The monoisotopic (exact) mass is 376 g/mol. The lowest BCUT2D eigenvalue weighted by Crippen LogP contribution is -2.47. The fourth-order valence-corrected chi connectivity index (χ4v) is 3.82. The van der Waals surface area contributed by atoms with Crippen molar-refractivity contribution in [2.45, 2.75) is 31.8 Å². The lowest BCUT2D eigenvalue weighted by molar-refractivity contribution is 0.177. The van der Waals surface area contributed by atoms with Gasteiger partial charge in [0.2, 0.25) is 5.95 Å². The van der Waals surface area contributed by atoms with Gasteiger partial charge in [-0.05, 0) is 52.1 Å². The molecule has 8 heteroatoms. The second-order valence-electron chi connectivity index (χ2n) is 7.83. The van der Waals surface area contributed by atoms with Crippen LogP contribution in [0, 0.1) is 6.92 Å². The molecule has 4 aromatic heterocycles. The Balaban J connectivity index is 1.43. The van der Waals surface area contributed by atoms with Gasteiger partial charge in [-0.3, -0.25) is 0 Å². The van der Waals surface area contributed by atoms with Gasteiger partial charge in [-0.1, -0.05) is 0 Å². The molecule has 0 amide bonds. The zero-order chi connectivity index (χ0) is 19.4. The molecule has 28 heavy (non-hydrogen) atoms. The first kappa shape index (κ1) is 17.1. The van der Waals surface area contributed by atoms with Crippen LogP contribution < -0.4 is 5.32 Å². The molecule has 1 aliphatic carbocycles. The van der Waals surface area contributed by atoms with E-state index >= 15 is 0 Å². The number of anilines is 1. The summed E-state index contributed by atoms with van der Waals surface area (Å²) in [5.74, 6) is 1.62. The predicted molar refractivity (Wildman–Crippen MR) is 109 cm³/mol. The van der Waals surface area contributed by atoms with Crippen molar-refractivity contribution in [3.8, 4) is 11.3 Å². The zero-order valence-corrected chi connectivity index (χ0v) is 16.6. The number of fused-ring (bicyclic) bond motifs is 2. The topological polar surface area (TPSA) is 76.2 Å². The molecule has 4 heterocycles. The van der Waals surface area contributed by atoms with Crippen molar-refractivity contribution in [1.82, 2.24) is 34.0 Å². The summed E-state index contributed by atoms with van der Waals surface area (Å²) in [5, 5.41) is 8.07. The second-order valence-corrected chi connectivity index (χ2v) is 7.83. The highest BCUT2D eigenvalue weighted by molar-refractivity contribution is 5.82. The molecule has 0 aliphatic heterocycles. The van der Waals surface area contributed by atoms with Gasteiger partial charge in [0.15, 0.2) is 5.65 Å². The van der Waals surface area contributed by atoms with Crippen LogP contribution in [0.3, 0.4) is 0 Å². The van der Waals surface area contributed by atoms with E-state index < -0.39 is 0 Å². The first-order valence-electron chi connectivity index (χ1n) is 9.57. The Morgan fingerprint density at radius 1 is 1.14 bits per heavy atom. The van der Waals surface area contributed by atoms with Gasteiger partial charge >= 0.3 is 0 Å². The summed E-state index contributed by atoms with van der Waals surface area (Å²) >= 11 is 0. The zero-order valence-electron chi connectivity index (χ0n) is 16.6. The van der Waals surface area contributed by atoms with E-state index in [1.54, 1.807) is 0 Å². The standard InChI is InChI=1S/C20H24N8/c1-12-22-17-6-5-16(24-19(17)27(12)4)15-7-8-28-18(15)11-21-20(25-28)23-13-9-14(10-13)26(2)3/h5-8,11,13-14H,9-10H2,1-4H3,(H,23,25)/t13-,14-. The Kier molecular flexibility index (Phi) is 3.83. The highest BCUT2D eigenvalue weighted by Crippen LogP contribution is 2.28. The highest BCUT2D eigenvalue weighted by Gasteiger charge is 2.31. The third-order valence-corrected chi connectivity index (χ3v) is 5.81. The summed E-state index contributed by atoms with van der Waals surface area (Å²) in [6.45, 7) is 1.99. The third kappa shape index (κ3) is 2.72. The van der Waals surface area contributed by atoms with Gasteiger partial charge in [-0.25, -0.2) is 19.5 Å². The molecule has 0 spiro atoms. The van der Waals surface area contributed by atoms with Gasteiger partial charge in [0, 0.05) is 30.9 Å². The Morgan fingerprint density at radius 3 is 2.75 bits per heavy atom. The van der Waals surface area contributed by atoms with Crippen LogP contribution in [0.15, 0.2) is 30.6 Å². The first-order valence-corrected chi connectivity index (χ1v) is 9.57. The van der Waals surface area contributed by atoms with Crippen molar-refractivity contribution >= 4 is 22.6 Å². The number of aromatic nitrogens is 6. The molecule has 1 fully saturated rings. The van der Waals surface area contributed by atoms with Crippen LogP contribution in [0.4, 0.5) is 5.95 Å². The molecule has 1 saturated carbocycles. The second kappa shape index (κ2) is 6.27. The number of rotatable bonds is 4. The van der Waals surface area contributed by atoms with E-state index in [1.807, 2.05) is 53.6 Å². The number of hydrogen-bond acceptors (Lipinski definition) is 6. The van der Waals surface area contributed by atoms with Crippen LogP contribution in [0.5, 0.6) is 0 Å². The molecule has 1 N–H and O–H groups in total. The molecule has 8 nitrogen and oxygen atoms in total. The minimum absolute atomic E-state index is 0.442. The summed E-state index contributed by atoms with van der Waals surface area (Å²) in [7, 11) is 6.24. The van der Waals surface area contributed by atoms with Crippen LogP contribution in [-0.4, -0.2) is 60.2 Å². The highest BCUT2D eigenvalue weighted by atomic mass is 15.3. The number of pyridine rings is 1. The molecule has 0 aromatic carbocycles. The smallest absolute Gasteiger partial charge is 0.241 e. The van der Waals surface area contributed by atoms with Gasteiger partial charge in [-0.2, -0.15) is 0 Å². The number of imidazole rings is 1. The lowest BCUT2D eigenvalue weighted by Gasteiger charge is -2.39. The van der Waals surface area contributed by atoms with Crippen LogP contribution in [0.2, 0.25) is 0 Å². The number of hydrogen-bond donors (Lipinski definition) is 1. The van der Waals surface area contributed by atoms with Crippen LogP contribution >= 0.6 is 0 Å². The predicted octanol–water partition coefficient (Wildman–Crippen LogP) is 2.49. The molecule has 5 rings (SSSR count). The first-order chi connectivity index (χ1) is 13.5. The van der Waals surface area contributed by atoms with E-state index in [2.05, 4.69) is 39.4 Å². The fourth-order valence-electron chi connectivity index (χ4n) is 3.82. The van der Waals surface area contributed by atoms with Crippen LogP contribution in [0.25, 0.3) is 27.9 Å². The average Bonchev–Trinajstić information content (AvgIpc) is 3.18. The molecule has 0 bridgehead atoms. The van der Waals surface area contributed by atoms with E-state index in [-0.39, 0.29) is 0 Å². The summed E-state index contributed by atoms with van der Waals surface area (Å²) in [6.07, 6.45) is 6.08. The third-order valence-electron chi connectivity index (χ3n) is 5.81. The largest absolute Gasteiger partial charge is 0.350 e. The van der Waals surface area contributed by atoms with Crippen molar-refractivity contribution in [3.05, 3.63) is 36.4 Å².